The highest BCUT2D eigenvalue weighted by molar-refractivity contribution is 4.95. The second kappa shape index (κ2) is 19.0. The Morgan fingerprint density at radius 3 is 1.42 bits per heavy atom. The summed E-state index contributed by atoms with van der Waals surface area (Å²) in [6, 6.07) is 0. The summed E-state index contributed by atoms with van der Waals surface area (Å²) in [6.45, 7) is 6.47. The first-order chi connectivity index (χ1) is 11.7. The molecule has 0 spiro atoms. The molecule has 0 saturated carbocycles. The van der Waals surface area contributed by atoms with E-state index in [4.69, 9.17) is 10.2 Å². The zero-order chi connectivity index (χ0) is 17.9. The van der Waals surface area contributed by atoms with Gasteiger partial charge in [0.05, 0.1) is 0 Å². The molecule has 0 bridgehead atoms. The lowest BCUT2D eigenvalue weighted by molar-refractivity contribution is 0.149. The Bertz CT molecular complexity index is 259. The van der Waals surface area contributed by atoms with Crippen molar-refractivity contribution >= 4 is 0 Å². The number of aliphatic hydroxyl groups is 2. The van der Waals surface area contributed by atoms with Crippen LogP contribution in [0.3, 0.4) is 0 Å². The summed E-state index contributed by atoms with van der Waals surface area (Å²) in [5, 5.41) is 18.1. The first-order valence-corrected chi connectivity index (χ1v) is 10.6. The Morgan fingerprint density at radius 1 is 0.667 bits per heavy atom. The summed E-state index contributed by atoms with van der Waals surface area (Å²) in [5.74, 6) is -0.0101. The monoisotopic (exact) mass is 340 g/mol. The predicted octanol–water partition coefficient (Wildman–Crippen LogP) is 6.40. The average Bonchev–Trinajstić information content (AvgIpc) is 2.60. The molecule has 0 aromatic heterocycles. The van der Waals surface area contributed by atoms with E-state index >= 15 is 0 Å². The molecule has 0 aliphatic rings. The molecular formula is C22H44O2. The Kier molecular flexibility index (Phi) is 18.7. The minimum Gasteiger partial charge on any atom is -0.396 e. The van der Waals surface area contributed by atoms with E-state index in [2.05, 4.69) is 13.5 Å². The molecule has 0 rings (SSSR count). The van der Waals surface area contributed by atoms with Crippen LogP contribution in [0, 0.1) is 5.92 Å². The number of hydrogen-bond donors (Lipinski definition) is 2. The zero-order valence-electron chi connectivity index (χ0n) is 16.4. The van der Waals surface area contributed by atoms with E-state index in [9.17, 15) is 0 Å². The second-order valence-electron chi connectivity index (χ2n) is 7.53. The van der Waals surface area contributed by atoms with Crippen LogP contribution in [-0.4, -0.2) is 23.4 Å². The molecule has 24 heavy (non-hydrogen) atoms. The quantitative estimate of drug-likeness (QED) is 0.211. The van der Waals surface area contributed by atoms with Gasteiger partial charge in [-0.15, -0.1) is 0 Å². The molecule has 0 fully saturated rings. The molecule has 0 atom stereocenters. The molecular weight excluding hydrogens is 296 g/mol. The van der Waals surface area contributed by atoms with Gasteiger partial charge in [-0.2, -0.15) is 0 Å². The third-order valence-corrected chi connectivity index (χ3v) is 4.98. The van der Waals surface area contributed by atoms with Crippen LogP contribution >= 0.6 is 0 Å². The summed E-state index contributed by atoms with van der Waals surface area (Å²) in [4.78, 5) is 0. The van der Waals surface area contributed by atoms with Crippen LogP contribution in [-0.2, 0) is 0 Å². The van der Waals surface area contributed by atoms with E-state index in [1.807, 2.05) is 0 Å². The second-order valence-corrected chi connectivity index (χ2v) is 7.53. The largest absolute Gasteiger partial charge is 0.396 e. The molecule has 2 heteroatoms. The first kappa shape index (κ1) is 23.7. The van der Waals surface area contributed by atoms with Crippen molar-refractivity contribution in [3.05, 3.63) is 12.2 Å². The van der Waals surface area contributed by atoms with Gasteiger partial charge in [-0.3, -0.25) is 0 Å². The molecule has 144 valence electrons. The van der Waals surface area contributed by atoms with Gasteiger partial charge in [0.2, 0.25) is 0 Å². The van der Waals surface area contributed by atoms with E-state index in [0.29, 0.717) is 0 Å². The lowest BCUT2D eigenvalue weighted by Gasteiger charge is -2.12. The highest BCUT2D eigenvalue weighted by atomic mass is 16.3. The molecule has 0 radical (unpaired) electrons. The van der Waals surface area contributed by atoms with Gasteiger partial charge in [0.25, 0.3) is 0 Å². The molecule has 0 unspecified atom stereocenters. The topological polar surface area (TPSA) is 40.5 Å². The number of unbranched alkanes of at least 4 members (excludes halogenated alkanes) is 13. The maximum atomic E-state index is 9.07. The molecule has 2 N–H and O–H groups in total. The summed E-state index contributed by atoms with van der Waals surface area (Å²) in [6.07, 6.45) is 21.2. The van der Waals surface area contributed by atoms with E-state index < -0.39 is 0 Å². The van der Waals surface area contributed by atoms with Crippen molar-refractivity contribution < 1.29 is 10.2 Å². The maximum absolute atomic E-state index is 9.07. The molecule has 0 amide bonds. The number of hydrogen-bond acceptors (Lipinski definition) is 2. The van der Waals surface area contributed by atoms with Crippen LogP contribution in [0.25, 0.3) is 0 Å². The lowest BCUT2D eigenvalue weighted by Crippen LogP contribution is -2.11. The highest BCUT2D eigenvalue weighted by Crippen LogP contribution is 2.17. The predicted molar refractivity (Wildman–Crippen MR) is 106 cm³/mol. The maximum Gasteiger partial charge on any atom is 0.0484 e. The van der Waals surface area contributed by atoms with Crippen LogP contribution in [0.2, 0.25) is 0 Å². The Morgan fingerprint density at radius 2 is 1.04 bits per heavy atom. The summed E-state index contributed by atoms with van der Waals surface area (Å²) in [5.41, 5.74) is 1.18. The van der Waals surface area contributed by atoms with Crippen LogP contribution in [0.4, 0.5) is 0 Å². The highest BCUT2D eigenvalue weighted by Gasteiger charge is 2.07. The van der Waals surface area contributed by atoms with Gasteiger partial charge >= 0.3 is 0 Å². The van der Waals surface area contributed by atoms with Crippen molar-refractivity contribution in [1.82, 2.24) is 0 Å². The lowest BCUT2D eigenvalue weighted by atomic mass is 9.97. The van der Waals surface area contributed by atoms with Gasteiger partial charge in [0.15, 0.2) is 0 Å². The van der Waals surface area contributed by atoms with Gasteiger partial charge in [-0.1, -0.05) is 103 Å². The normalized spacial score (nSPS) is 11.3. The van der Waals surface area contributed by atoms with Gasteiger partial charge < -0.3 is 10.2 Å². The molecule has 0 aromatic rings. The van der Waals surface area contributed by atoms with E-state index in [1.54, 1.807) is 0 Å². The number of allylic oxidation sites excluding steroid dienone is 1. The molecule has 0 aromatic carbocycles. The van der Waals surface area contributed by atoms with E-state index in [-0.39, 0.29) is 19.1 Å². The summed E-state index contributed by atoms with van der Waals surface area (Å²) in [7, 11) is 0. The fraction of sp³-hybridized carbons (Fsp3) is 0.909. The minimum absolute atomic E-state index is 0.0101. The van der Waals surface area contributed by atoms with Crippen molar-refractivity contribution in [2.24, 2.45) is 5.92 Å². The van der Waals surface area contributed by atoms with Crippen molar-refractivity contribution in [3.63, 3.8) is 0 Å². The van der Waals surface area contributed by atoms with Gasteiger partial charge in [0.1, 0.15) is 0 Å². The fourth-order valence-corrected chi connectivity index (χ4v) is 3.27. The third-order valence-electron chi connectivity index (χ3n) is 4.98. The standard InChI is InChI=1S/C22H44O2/c1-3-4-5-6-7-8-9-10-11-12-13-14-15-16-17-21(2)18-22(19-23)20-24/h22-24H,2-20H2,1H3. The van der Waals surface area contributed by atoms with Crippen LogP contribution in [0.5, 0.6) is 0 Å². The van der Waals surface area contributed by atoms with Gasteiger partial charge in [-0.05, 0) is 19.3 Å². The Hall–Kier alpha value is -0.340. The Balaban J connectivity index is 3.18. The van der Waals surface area contributed by atoms with Gasteiger partial charge in [-0.25, -0.2) is 0 Å². The summed E-state index contributed by atoms with van der Waals surface area (Å²) < 4.78 is 0. The third kappa shape index (κ3) is 16.5. The Labute approximate surface area is 151 Å². The average molecular weight is 341 g/mol. The van der Waals surface area contributed by atoms with Crippen molar-refractivity contribution in [2.45, 2.75) is 110 Å². The first-order valence-electron chi connectivity index (χ1n) is 10.6. The van der Waals surface area contributed by atoms with Crippen molar-refractivity contribution in [1.29, 1.82) is 0 Å². The summed E-state index contributed by atoms with van der Waals surface area (Å²) >= 11 is 0. The van der Waals surface area contributed by atoms with E-state index in [0.717, 1.165) is 12.8 Å². The number of aliphatic hydroxyl groups excluding tert-OH is 2. The van der Waals surface area contributed by atoms with E-state index in [1.165, 1.54) is 95.5 Å². The molecule has 0 aliphatic carbocycles. The van der Waals surface area contributed by atoms with Crippen molar-refractivity contribution in [2.75, 3.05) is 13.2 Å². The smallest absolute Gasteiger partial charge is 0.0484 e. The molecule has 0 heterocycles. The molecule has 0 saturated heterocycles. The van der Waals surface area contributed by atoms with Gasteiger partial charge in [0, 0.05) is 19.1 Å². The van der Waals surface area contributed by atoms with Crippen molar-refractivity contribution in [3.8, 4) is 0 Å². The fourth-order valence-electron chi connectivity index (χ4n) is 3.27. The molecule has 0 aliphatic heterocycles. The minimum atomic E-state index is -0.0101. The van der Waals surface area contributed by atoms with Crippen LogP contribution < -0.4 is 0 Å². The van der Waals surface area contributed by atoms with Crippen LogP contribution in [0.15, 0.2) is 12.2 Å². The molecule has 2 nitrogen and oxygen atoms in total. The zero-order valence-corrected chi connectivity index (χ0v) is 16.4. The van der Waals surface area contributed by atoms with Crippen LogP contribution in [0.1, 0.15) is 110 Å². The number of rotatable bonds is 19. The SMILES string of the molecule is C=C(CCCCCCCCCCCCCCCC)CC(CO)CO.